The fraction of sp³-hybridized carbons (Fsp3) is 0.273. The lowest BCUT2D eigenvalue weighted by Gasteiger charge is -2.13. The SMILES string of the molecule is CC1(C)C(C(=O)OC(C#N)c2cccc(Oc3ccccc3)c2)C1/C(Br)=C/Br. The first-order valence-corrected chi connectivity index (χ1v) is 10.5. The molecule has 0 radical (unpaired) electrons. The first-order valence-electron chi connectivity index (χ1n) is 8.77. The number of nitrogens with zero attached hydrogens (tertiary/aromatic N) is 1. The predicted octanol–water partition coefficient (Wildman–Crippen LogP) is 6.49. The first kappa shape index (κ1) is 20.6. The zero-order chi connectivity index (χ0) is 20.3. The van der Waals surface area contributed by atoms with Crippen LogP contribution in [0.15, 0.2) is 64.1 Å². The van der Waals surface area contributed by atoms with Crippen LogP contribution < -0.4 is 4.74 Å². The Morgan fingerprint density at radius 2 is 1.82 bits per heavy atom. The molecule has 0 heterocycles. The summed E-state index contributed by atoms with van der Waals surface area (Å²) < 4.78 is 12.3. The van der Waals surface area contributed by atoms with Gasteiger partial charge >= 0.3 is 5.97 Å². The molecule has 1 saturated carbocycles. The third kappa shape index (κ3) is 4.31. The maximum Gasteiger partial charge on any atom is 0.311 e. The number of hydrogen-bond acceptors (Lipinski definition) is 4. The molecule has 3 atom stereocenters. The molecular weight excluding hydrogens is 486 g/mol. The van der Waals surface area contributed by atoms with E-state index in [-0.39, 0.29) is 23.2 Å². The van der Waals surface area contributed by atoms with Crippen molar-refractivity contribution in [1.29, 1.82) is 5.26 Å². The van der Waals surface area contributed by atoms with Crippen LogP contribution in [-0.4, -0.2) is 5.97 Å². The Labute approximate surface area is 181 Å². The topological polar surface area (TPSA) is 59.3 Å². The van der Waals surface area contributed by atoms with E-state index in [1.165, 1.54) is 0 Å². The maximum atomic E-state index is 12.7. The van der Waals surface area contributed by atoms with Gasteiger partial charge in [0.15, 0.2) is 0 Å². The summed E-state index contributed by atoms with van der Waals surface area (Å²) >= 11 is 6.77. The normalized spacial score (nSPS) is 21.3. The Morgan fingerprint density at radius 3 is 2.46 bits per heavy atom. The molecule has 6 heteroatoms. The van der Waals surface area contributed by atoms with E-state index in [1.807, 2.05) is 44.2 Å². The molecule has 0 aliphatic heterocycles. The van der Waals surface area contributed by atoms with Crippen molar-refractivity contribution in [2.45, 2.75) is 20.0 Å². The average Bonchev–Trinajstić information content (AvgIpc) is 3.28. The summed E-state index contributed by atoms with van der Waals surface area (Å²) in [4.78, 5) is 14.5. The molecular formula is C22H19Br2NO3. The number of para-hydroxylation sites is 1. The number of benzene rings is 2. The lowest BCUT2D eigenvalue weighted by molar-refractivity contribution is -0.149. The zero-order valence-electron chi connectivity index (χ0n) is 15.4. The van der Waals surface area contributed by atoms with Gasteiger partial charge in [0.25, 0.3) is 0 Å². The van der Waals surface area contributed by atoms with Gasteiger partial charge in [-0.2, -0.15) is 5.26 Å². The van der Waals surface area contributed by atoms with E-state index >= 15 is 0 Å². The molecule has 2 aromatic carbocycles. The number of carbonyl (C=O) groups is 1. The van der Waals surface area contributed by atoms with Crippen LogP contribution in [0.2, 0.25) is 0 Å². The standard InChI is InChI=1S/C22H19Br2NO3/c1-22(2)19(17(24)12-23)20(22)21(26)28-18(13-25)14-7-6-10-16(11-14)27-15-8-4-3-5-9-15/h3-12,18-20H,1-2H3/b17-12-. The summed E-state index contributed by atoms with van der Waals surface area (Å²) in [6, 6.07) is 18.5. The highest BCUT2D eigenvalue weighted by Gasteiger charge is 2.64. The van der Waals surface area contributed by atoms with Crippen LogP contribution >= 0.6 is 31.9 Å². The molecule has 4 nitrogen and oxygen atoms in total. The Hall–Kier alpha value is -2.10. The van der Waals surface area contributed by atoms with Crippen LogP contribution in [0, 0.1) is 28.6 Å². The summed E-state index contributed by atoms with van der Waals surface area (Å²) in [5, 5.41) is 9.57. The molecule has 28 heavy (non-hydrogen) atoms. The molecule has 1 aliphatic carbocycles. The summed E-state index contributed by atoms with van der Waals surface area (Å²) in [5.74, 6) is 0.637. The third-order valence-electron chi connectivity index (χ3n) is 4.97. The fourth-order valence-electron chi connectivity index (χ4n) is 3.38. The third-order valence-corrected chi connectivity index (χ3v) is 6.80. The smallest absolute Gasteiger partial charge is 0.311 e. The molecule has 0 amide bonds. The van der Waals surface area contributed by atoms with Crippen LogP contribution in [0.4, 0.5) is 0 Å². The minimum atomic E-state index is -0.990. The van der Waals surface area contributed by atoms with E-state index in [9.17, 15) is 10.1 Å². The van der Waals surface area contributed by atoms with Gasteiger partial charge in [0.1, 0.15) is 17.6 Å². The highest BCUT2D eigenvalue weighted by Crippen LogP contribution is 2.63. The highest BCUT2D eigenvalue weighted by molar-refractivity contribution is 9.14. The van der Waals surface area contributed by atoms with Crippen LogP contribution in [0.3, 0.4) is 0 Å². The van der Waals surface area contributed by atoms with E-state index in [0.717, 1.165) is 4.48 Å². The first-order chi connectivity index (χ1) is 13.4. The van der Waals surface area contributed by atoms with Crippen LogP contribution in [0.5, 0.6) is 11.5 Å². The minimum absolute atomic E-state index is 0.0338. The van der Waals surface area contributed by atoms with Gasteiger partial charge in [-0.25, -0.2) is 0 Å². The lowest BCUT2D eigenvalue weighted by atomic mass is 10.1. The molecule has 0 spiro atoms. The molecule has 0 bridgehead atoms. The predicted molar refractivity (Wildman–Crippen MR) is 114 cm³/mol. The van der Waals surface area contributed by atoms with Gasteiger partial charge in [-0.05, 0) is 34.7 Å². The second kappa shape index (κ2) is 8.50. The van der Waals surface area contributed by atoms with Crippen molar-refractivity contribution < 1.29 is 14.3 Å². The lowest BCUT2D eigenvalue weighted by Crippen LogP contribution is -2.14. The highest BCUT2D eigenvalue weighted by atomic mass is 79.9. The minimum Gasteiger partial charge on any atom is -0.457 e. The molecule has 0 aromatic heterocycles. The van der Waals surface area contributed by atoms with Crippen molar-refractivity contribution in [1.82, 2.24) is 0 Å². The quantitative estimate of drug-likeness (QED) is 0.422. The number of carbonyl (C=O) groups excluding carboxylic acids is 1. The van der Waals surface area contributed by atoms with Crippen molar-refractivity contribution in [3.05, 3.63) is 69.6 Å². The van der Waals surface area contributed by atoms with Crippen LogP contribution in [0.25, 0.3) is 0 Å². The van der Waals surface area contributed by atoms with Crippen molar-refractivity contribution in [2.24, 2.45) is 17.3 Å². The molecule has 3 unspecified atom stereocenters. The van der Waals surface area contributed by atoms with Crippen molar-refractivity contribution >= 4 is 37.8 Å². The molecule has 144 valence electrons. The van der Waals surface area contributed by atoms with E-state index in [1.54, 1.807) is 29.3 Å². The number of hydrogen-bond donors (Lipinski definition) is 0. The van der Waals surface area contributed by atoms with Gasteiger partial charge < -0.3 is 9.47 Å². The Morgan fingerprint density at radius 1 is 1.14 bits per heavy atom. The van der Waals surface area contributed by atoms with Crippen molar-refractivity contribution in [3.63, 3.8) is 0 Å². The summed E-state index contributed by atoms with van der Waals surface area (Å²) in [5.41, 5.74) is 0.354. The number of halogens is 2. The fourth-order valence-corrected chi connectivity index (χ4v) is 4.52. The van der Waals surface area contributed by atoms with Gasteiger partial charge in [-0.1, -0.05) is 76.0 Å². The molecule has 3 rings (SSSR count). The molecule has 1 aliphatic rings. The van der Waals surface area contributed by atoms with Crippen molar-refractivity contribution in [2.75, 3.05) is 0 Å². The van der Waals surface area contributed by atoms with Gasteiger partial charge in [0.2, 0.25) is 6.10 Å². The van der Waals surface area contributed by atoms with E-state index < -0.39 is 6.10 Å². The van der Waals surface area contributed by atoms with Gasteiger partial charge in [0, 0.05) is 16.0 Å². The molecule has 1 fully saturated rings. The average molecular weight is 505 g/mol. The molecule has 0 saturated heterocycles. The number of allylic oxidation sites excluding steroid dienone is 1. The molecule has 2 aromatic rings. The number of ether oxygens (including phenoxy) is 2. The van der Waals surface area contributed by atoms with E-state index in [4.69, 9.17) is 9.47 Å². The maximum absolute atomic E-state index is 12.7. The number of nitriles is 1. The summed E-state index contributed by atoms with van der Waals surface area (Å²) in [6.45, 7) is 4.02. The summed E-state index contributed by atoms with van der Waals surface area (Å²) in [7, 11) is 0. The Kier molecular flexibility index (Phi) is 6.26. The van der Waals surface area contributed by atoms with Crippen LogP contribution in [0.1, 0.15) is 25.5 Å². The number of esters is 1. The Balaban J connectivity index is 1.73. The van der Waals surface area contributed by atoms with Gasteiger partial charge in [-0.3, -0.25) is 4.79 Å². The van der Waals surface area contributed by atoms with Crippen molar-refractivity contribution in [3.8, 4) is 17.6 Å². The van der Waals surface area contributed by atoms with Gasteiger partial charge in [-0.15, -0.1) is 0 Å². The second-order valence-electron chi connectivity index (χ2n) is 7.20. The van der Waals surface area contributed by atoms with Crippen LogP contribution in [-0.2, 0) is 9.53 Å². The second-order valence-corrected chi connectivity index (χ2v) is 8.58. The molecule has 0 N–H and O–H groups in total. The largest absolute Gasteiger partial charge is 0.457 e. The van der Waals surface area contributed by atoms with Gasteiger partial charge in [0.05, 0.1) is 5.92 Å². The summed E-state index contributed by atoms with van der Waals surface area (Å²) in [6.07, 6.45) is -0.990. The Bertz CT molecular complexity index is 934. The van der Waals surface area contributed by atoms with E-state index in [0.29, 0.717) is 17.1 Å². The monoisotopic (exact) mass is 503 g/mol. The number of rotatable bonds is 6. The zero-order valence-corrected chi connectivity index (χ0v) is 18.6. The van der Waals surface area contributed by atoms with E-state index in [2.05, 4.69) is 37.9 Å².